The number of piperidine rings is 1. The van der Waals surface area contributed by atoms with Crippen molar-refractivity contribution < 1.29 is 9.53 Å². The SMILES string of the molecule is CC(C)Oc1ncc(C(=O)NCC2CCN(Cc3cccs3)CC2)cc1Cl. The molecule has 2 aromatic heterocycles. The number of pyridine rings is 1. The number of nitrogens with zero attached hydrogens (tertiary/aromatic N) is 2. The number of halogens is 1. The molecule has 3 rings (SSSR count). The van der Waals surface area contributed by atoms with Gasteiger partial charge in [0.1, 0.15) is 5.02 Å². The average molecular weight is 408 g/mol. The summed E-state index contributed by atoms with van der Waals surface area (Å²) in [6, 6.07) is 5.91. The van der Waals surface area contributed by atoms with E-state index in [4.69, 9.17) is 16.3 Å². The number of likely N-dealkylation sites (tertiary alicyclic amines) is 1. The fourth-order valence-corrected chi connectivity index (χ4v) is 4.13. The van der Waals surface area contributed by atoms with Gasteiger partial charge in [-0.2, -0.15) is 0 Å². The molecule has 1 amide bonds. The second kappa shape index (κ2) is 9.53. The first-order valence-electron chi connectivity index (χ1n) is 9.36. The van der Waals surface area contributed by atoms with Gasteiger partial charge in [-0.3, -0.25) is 9.69 Å². The molecule has 0 aromatic carbocycles. The Hall–Kier alpha value is -1.63. The fraction of sp³-hybridized carbons (Fsp3) is 0.500. The molecule has 0 radical (unpaired) electrons. The van der Waals surface area contributed by atoms with Gasteiger partial charge in [-0.15, -0.1) is 11.3 Å². The monoisotopic (exact) mass is 407 g/mol. The third-order valence-electron chi connectivity index (χ3n) is 4.63. The maximum Gasteiger partial charge on any atom is 0.252 e. The van der Waals surface area contributed by atoms with Gasteiger partial charge in [0.2, 0.25) is 5.88 Å². The number of amides is 1. The van der Waals surface area contributed by atoms with Crippen LogP contribution in [0, 0.1) is 5.92 Å². The number of carbonyl (C=O) groups excluding carboxylic acids is 1. The largest absolute Gasteiger partial charge is 0.474 e. The summed E-state index contributed by atoms with van der Waals surface area (Å²) in [7, 11) is 0. The minimum atomic E-state index is -0.137. The van der Waals surface area contributed by atoms with Gasteiger partial charge in [0.15, 0.2) is 0 Å². The van der Waals surface area contributed by atoms with E-state index in [1.54, 1.807) is 6.07 Å². The Bertz CT molecular complexity index is 744. The van der Waals surface area contributed by atoms with Crippen LogP contribution in [0.2, 0.25) is 5.02 Å². The first-order chi connectivity index (χ1) is 13.0. The van der Waals surface area contributed by atoms with Gasteiger partial charge in [-0.05, 0) is 63.2 Å². The summed E-state index contributed by atoms with van der Waals surface area (Å²) in [6.45, 7) is 7.69. The Morgan fingerprint density at radius 3 is 2.85 bits per heavy atom. The lowest BCUT2D eigenvalue weighted by atomic mass is 9.96. The van der Waals surface area contributed by atoms with E-state index in [1.165, 1.54) is 11.1 Å². The number of hydrogen-bond acceptors (Lipinski definition) is 5. The van der Waals surface area contributed by atoms with Crippen molar-refractivity contribution in [2.45, 2.75) is 39.3 Å². The van der Waals surface area contributed by atoms with Crippen LogP contribution in [0.4, 0.5) is 0 Å². The topological polar surface area (TPSA) is 54.5 Å². The van der Waals surface area contributed by atoms with E-state index in [0.29, 0.717) is 28.9 Å². The highest BCUT2D eigenvalue weighted by Crippen LogP contribution is 2.24. The van der Waals surface area contributed by atoms with Crippen molar-refractivity contribution in [3.63, 3.8) is 0 Å². The lowest BCUT2D eigenvalue weighted by Gasteiger charge is -2.31. The van der Waals surface area contributed by atoms with Crippen molar-refractivity contribution in [3.05, 3.63) is 45.2 Å². The van der Waals surface area contributed by atoms with Crippen LogP contribution >= 0.6 is 22.9 Å². The molecular formula is C20H26ClN3O2S. The molecule has 1 aliphatic heterocycles. The Morgan fingerprint density at radius 2 is 2.22 bits per heavy atom. The van der Waals surface area contributed by atoms with Gasteiger partial charge in [0, 0.05) is 24.2 Å². The second-order valence-corrected chi connectivity index (χ2v) is 8.63. The first kappa shape index (κ1) is 20.1. The molecule has 1 fully saturated rings. The van der Waals surface area contributed by atoms with Gasteiger partial charge in [-0.25, -0.2) is 4.98 Å². The van der Waals surface area contributed by atoms with Gasteiger partial charge < -0.3 is 10.1 Å². The van der Waals surface area contributed by atoms with Crippen molar-refractivity contribution >= 4 is 28.8 Å². The third-order valence-corrected chi connectivity index (χ3v) is 5.77. The third kappa shape index (κ3) is 5.92. The van der Waals surface area contributed by atoms with E-state index >= 15 is 0 Å². The summed E-state index contributed by atoms with van der Waals surface area (Å²) >= 11 is 7.98. The molecule has 1 N–H and O–H groups in total. The maximum atomic E-state index is 12.4. The smallest absolute Gasteiger partial charge is 0.252 e. The molecule has 2 aromatic rings. The Morgan fingerprint density at radius 1 is 1.44 bits per heavy atom. The van der Waals surface area contributed by atoms with E-state index in [9.17, 15) is 4.79 Å². The maximum absolute atomic E-state index is 12.4. The normalized spacial score (nSPS) is 15.9. The van der Waals surface area contributed by atoms with Crippen LogP contribution in [0.3, 0.4) is 0 Å². The zero-order valence-corrected chi connectivity index (χ0v) is 17.4. The Kier molecular flexibility index (Phi) is 7.10. The molecule has 146 valence electrons. The van der Waals surface area contributed by atoms with Crippen molar-refractivity contribution in [2.24, 2.45) is 5.92 Å². The van der Waals surface area contributed by atoms with E-state index in [2.05, 4.69) is 32.7 Å². The number of carbonyl (C=O) groups is 1. The predicted octanol–water partition coefficient (Wildman–Crippen LogP) is 4.23. The highest BCUT2D eigenvalue weighted by molar-refractivity contribution is 7.09. The molecule has 1 saturated heterocycles. The van der Waals surface area contributed by atoms with Gasteiger partial charge >= 0.3 is 0 Å². The van der Waals surface area contributed by atoms with Crippen molar-refractivity contribution in [3.8, 4) is 5.88 Å². The van der Waals surface area contributed by atoms with Crippen molar-refractivity contribution in [2.75, 3.05) is 19.6 Å². The molecule has 5 nitrogen and oxygen atoms in total. The summed E-state index contributed by atoms with van der Waals surface area (Å²) in [5, 5.41) is 5.51. The molecule has 27 heavy (non-hydrogen) atoms. The molecule has 7 heteroatoms. The molecule has 0 unspecified atom stereocenters. The summed E-state index contributed by atoms with van der Waals surface area (Å²) in [5.74, 6) is 0.739. The van der Waals surface area contributed by atoms with Gasteiger partial charge in [0.05, 0.1) is 11.7 Å². The molecule has 0 aliphatic carbocycles. The predicted molar refractivity (Wildman–Crippen MR) is 110 cm³/mol. The molecule has 0 saturated carbocycles. The van der Waals surface area contributed by atoms with E-state index in [1.807, 2.05) is 25.2 Å². The van der Waals surface area contributed by atoms with Crippen LogP contribution in [0.15, 0.2) is 29.8 Å². The minimum absolute atomic E-state index is 0.0136. The van der Waals surface area contributed by atoms with E-state index in [0.717, 1.165) is 32.5 Å². The Labute approximate surface area is 169 Å². The van der Waals surface area contributed by atoms with Crippen LogP contribution in [0.5, 0.6) is 5.88 Å². The number of hydrogen-bond donors (Lipinski definition) is 1. The highest BCUT2D eigenvalue weighted by atomic mass is 35.5. The number of rotatable bonds is 7. The van der Waals surface area contributed by atoms with Crippen molar-refractivity contribution in [1.82, 2.24) is 15.2 Å². The van der Waals surface area contributed by atoms with E-state index < -0.39 is 0 Å². The van der Waals surface area contributed by atoms with Crippen LogP contribution < -0.4 is 10.1 Å². The molecule has 0 bridgehead atoms. The molecule has 0 atom stereocenters. The summed E-state index contributed by atoms with van der Waals surface area (Å²) in [5.41, 5.74) is 0.464. The minimum Gasteiger partial charge on any atom is -0.474 e. The lowest BCUT2D eigenvalue weighted by Crippen LogP contribution is -2.38. The summed E-state index contributed by atoms with van der Waals surface area (Å²) in [4.78, 5) is 20.4. The van der Waals surface area contributed by atoms with Crippen LogP contribution in [-0.4, -0.2) is 41.5 Å². The van der Waals surface area contributed by atoms with Crippen LogP contribution in [0.25, 0.3) is 0 Å². The number of aromatic nitrogens is 1. The van der Waals surface area contributed by atoms with Gasteiger partial charge in [0.25, 0.3) is 5.91 Å². The lowest BCUT2D eigenvalue weighted by molar-refractivity contribution is 0.0935. The fourth-order valence-electron chi connectivity index (χ4n) is 3.17. The van der Waals surface area contributed by atoms with Crippen molar-refractivity contribution in [1.29, 1.82) is 0 Å². The number of ether oxygens (including phenoxy) is 1. The highest BCUT2D eigenvalue weighted by Gasteiger charge is 2.20. The number of nitrogens with one attached hydrogen (secondary N) is 1. The van der Waals surface area contributed by atoms with E-state index in [-0.39, 0.29) is 12.0 Å². The average Bonchev–Trinajstić information content (AvgIpc) is 3.15. The zero-order chi connectivity index (χ0) is 19.2. The van der Waals surface area contributed by atoms with Gasteiger partial charge in [-0.1, -0.05) is 17.7 Å². The van der Waals surface area contributed by atoms with Crippen LogP contribution in [0.1, 0.15) is 41.9 Å². The standard InChI is InChI=1S/C20H26ClN3O2S/c1-14(2)26-20-18(21)10-16(12-23-20)19(25)22-11-15-5-7-24(8-6-15)13-17-4-3-9-27-17/h3-4,9-10,12,14-15H,5-8,11,13H2,1-2H3,(H,22,25). The quantitative estimate of drug-likeness (QED) is 0.746. The number of thiophene rings is 1. The summed E-state index contributed by atoms with van der Waals surface area (Å²) < 4.78 is 5.50. The molecule has 3 heterocycles. The summed E-state index contributed by atoms with van der Waals surface area (Å²) in [6.07, 6.45) is 3.71. The zero-order valence-electron chi connectivity index (χ0n) is 15.8. The molecule has 1 aliphatic rings. The Balaban J connectivity index is 1.44. The molecular weight excluding hydrogens is 382 g/mol. The van der Waals surface area contributed by atoms with Crippen LogP contribution in [-0.2, 0) is 6.54 Å². The second-order valence-electron chi connectivity index (χ2n) is 7.19. The molecule has 0 spiro atoms. The first-order valence-corrected chi connectivity index (χ1v) is 10.6.